The molecule has 0 aromatic carbocycles. The van der Waals surface area contributed by atoms with Gasteiger partial charge in [0.2, 0.25) is 5.91 Å². The van der Waals surface area contributed by atoms with Crippen LogP contribution in [0.1, 0.15) is 19.5 Å². The van der Waals surface area contributed by atoms with Crippen LogP contribution in [0.15, 0.2) is 5.38 Å². The molecule has 1 N–H and O–H groups in total. The van der Waals surface area contributed by atoms with Gasteiger partial charge in [0, 0.05) is 18.5 Å². The number of aromatic nitrogens is 1. The number of rotatable bonds is 4. The Kier molecular flexibility index (Phi) is 4.36. The van der Waals surface area contributed by atoms with Crippen LogP contribution in [-0.2, 0) is 20.7 Å². The molecule has 1 saturated heterocycles. The second-order valence-corrected chi connectivity index (χ2v) is 5.10. The standard InChI is InChI=1S/C12H17N3O3S/c1-3-18-10(16)6-9-7-19-12(14-9)15-5-4-13-11(17)8(15)2/h7-8H,3-6H2,1-2H3,(H,13,17). The van der Waals surface area contributed by atoms with Crippen LogP contribution < -0.4 is 10.2 Å². The molecule has 1 aliphatic heterocycles. The maximum Gasteiger partial charge on any atom is 0.311 e. The molecule has 7 heteroatoms. The lowest BCUT2D eigenvalue weighted by atomic mass is 10.2. The monoisotopic (exact) mass is 283 g/mol. The van der Waals surface area contributed by atoms with E-state index in [0.717, 1.165) is 11.7 Å². The van der Waals surface area contributed by atoms with Crippen molar-refractivity contribution in [3.8, 4) is 0 Å². The van der Waals surface area contributed by atoms with Gasteiger partial charge in [0.15, 0.2) is 5.13 Å². The summed E-state index contributed by atoms with van der Waals surface area (Å²) in [6.07, 6.45) is 0.179. The minimum atomic E-state index is -0.274. The minimum Gasteiger partial charge on any atom is -0.466 e. The minimum absolute atomic E-state index is 0.00777. The first-order chi connectivity index (χ1) is 9.11. The number of nitrogens with one attached hydrogen (secondary N) is 1. The summed E-state index contributed by atoms with van der Waals surface area (Å²) in [4.78, 5) is 29.3. The molecule has 1 aromatic rings. The molecule has 1 amide bonds. The smallest absolute Gasteiger partial charge is 0.311 e. The average Bonchev–Trinajstić information content (AvgIpc) is 2.81. The Morgan fingerprint density at radius 1 is 1.68 bits per heavy atom. The van der Waals surface area contributed by atoms with E-state index in [-0.39, 0.29) is 24.3 Å². The molecule has 0 aliphatic carbocycles. The molecule has 1 aliphatic rings. The summed E-state index contributed by atoms with van der Waals surface area (Å²) < 4.78 is 4.89. The van der Waals surface area contributed by atoms with Gasteiger partial charge in [0.25, 0.3) is 0 Å². The maximum atomic E-state index is 11.6. The first-order valence-corrected chi connectivity index (χ1v) is 7.14. The van der Waals surface area contributed by atoms with Crippen molar-refractivity contribution in [2.75, 3.05) is 24.6 Å². The van der Waals surface area contributed by atoms with Crippen molar-refractivity contribution in [2.45, 2.75) is 26.3 Å². The quantitative estimate of drug-likeness (QED) is 0.818. The highest BCUT2D eigenvalue weighted by Gasteiger charge is 2.27. The molecule has 1 fully saturated rings. The van der Waals surface area contributed by atoms with Crippen molar-refractivity contribution in [2.24, 2.45) is 0 Å². The average molecular weight is 283 g/mol. The van der Waals surface area contributed by atoms with Gasteiger partial charge in [0.1, 0.15) is 6.04 Å². The van der Waals surface area contributed by atoms with Crippen LogP contribution in [0.2, 0.25) is 0 Å². The molecule has 2 rings (SSSR count). The summed E-state index contributed by atoms with van der Waals surface area (Å²) in [5.41, 5.74) is 0.691. The van der Waals surface area contributed by atoms with Gasteiger partial charge in [-0.1, -0.05) is 0 Å². The Morgan fingerprint density at radius 3 is 3.21 bits per heavy atom. The summed E-state index contributed by atoms with van der Waals surface area (Å²) >= 11 is 1.45. The highest BCUT2D eigenvalue weighted by Crippen LogP contribution is 2.24. The molecule has 104 valence electrons. The molecule has 1 unspecified atom stereocenters. The number of piperazine rings is 1. The van der Waals surface area contributed by atoms with Crippen LogP contribution in [-0.4, -0.2) is 42.6 Å². The summed E-state index contributed by atoms with van der Waals surface area (Å²) in [6.45, 7) is 5.35. The van der Waals surface area contributed by atoms with E-state index in [9.17, 15) is 9.59 Å². The summed E-state index contributed by atoms with van der Waals surface area (Å²) in [5.74, 6) is -0.267. The largest absolute Gasteiger partial charge is 0.466 e. The molecular weight excluding hydrogens is 266 g/mol. The van der Waals surface area contributed by atoms with Gasteiger partial charge in [0.05, 0.1) is 18.7 Å². The summed E-state index contributed by atoms with van der Waals surface area (Å²) in [6, 6.07) is -0.227. The number of esters is 1. The summed E-state index contributed by atoms with van der Waals surface area (Å²) in [5, 5.41) is 5.43. The fourth-order valence-electron chi connectivity index (χ4n) is 1.91. The van der Waals surface area contributed by atoms with Crippen LogP contribution in [0.25, 0.3) is 0 Å². The number of carbonyl (C=O) groups is 2. The molecule has 19 heavy (non-hydrogen) atoms. The zero-order valence-corrected chi connectivity index (χ0v) is 11.8. The number of thiazole rings is 1. The van der Waals surface area contributed by atoms with Crippen LogP contribution >= 0.6 is 11.3 Å². The van der Waals surface area contributed by atoms with Crippen molar-refractivity contribution in [3.05, 3.63) is 11.1 Å². The number of anilines is 1. The zero-order chi connectivity index (χ0) is 13.8. The van der Waals surface area contributed by atoms with E-state index in [2.05, 4.69) is 10.3 Å². The van der Waals surface area contributed by atoms with E-state index in [0.29, 0.717) is 18.8 Å². The number of carbonyl (C=O) groups excluding carboxylic acids is 2. The number of hydrogen-bond donors (Lipinski definition) is 1. The maximum absolute atomic E-state index is 11.6. The lowest BCUT2D eigenvalue weighted by Crippen LogP contribution is -2.54. The topological polar surface area (TPSA) is 71.5 Å². The van der Waals surface area contributed by atoms with Gasteiger partial charge >= 0.3 is 5.97 Å². The molecule has 1 aromatic heterocycles. The third-order valence-electron chi connectivity index (χ3n) is 2.91. The van der Waals surface area contributed by atoms with Gasteiger partial charge < -0.3 is 15.0 Å². The van der Waals surface area contributed by atoms with Gasteiger partial charge in [-0.05, 0) is 13.8 Å². The van der Waals surface area contributed by atoms with Crippen molar-refractivity contribution in [3.63, 3.8) is 0 Å². The zero-order valence-electron chi connectivity index (χ0n) is 11.0. The van der Waals surface area contributed by atoms with Gasteiger partial charge in [-0.15, -0.1) is 11.3 Å². The predicted molar refractivity (Wildman–Crippen MR) is 72.3 cm³/mol. The van der Waals surface area contributed by atoms with Crippen LogP contribution in [0.4, 0.5) is 5.13 Å². The van der Waals surface area contributed by atoms with Crippen molar-refractivity contribution in [1.82, 2.24) is 10.3 Å². The Bertz CT molecular complexity index is 475. The number of amides is 1. The van der Waals surface area contributed by atoms with E-state index < -0.39 is 0 Å². The molecule has 0 bridgehead atoms. The first-order valence-electron chi connectivity index (χ1n) is 6.26. The summed E-state index contributed by atoms with van der Waals surface area (Å²) in [7, 11) is 0. The van der Waals surface area contributed by atoms with E-state index >= 15 is 0 Å². The second kappa shape index (κ2) is 6.01. The van der Waals surface area contributed by atoms with Crippen molar-refractivity contribution in [1.29, 1.82) is 0 Å². The highest BCUT2D eigenvalue weighted by molar-refractivity contribution is 7.13. The number of nitrogens with zero attached hydrogens (tertiary/aromatic N) is 2. The van der Waals surface area contributed by atoms with Gasteiger partial charge in [-0.3, -0.25) is 9.59 Å². The normalized spacial score (nSPS) is 19.2. The molecule has 0 spiro atoms. The lowest BCUT2D eigenvalue weighted by Gasteiger charge is -2.32. The SMILES string of the molecule is CCOC(=O)Cc1csc(N2CCNC(=O)C2C)n1. The third kappa shape index (κ3) is 3.23. The van der Waals surface area contributed by atoms with Crippen molar-refractivity contribution >= 4 is 28.3 Å². The third-order valence-corrected chi connectivity index (χ3v) is 3.84. The lowest BCUT2D eigenvalue weighted by molar-refractivity contribution is -0.142. The first kappa shape index (κ1) is 13.8. The Balaban J connectivity index is 2.04. The second-order valence-electron chi connectivity index (χ2n) is 4.26. The molecule has 1 atom stereocenters. The molecule has 6 nitrogen and oxygen atoms in total. The molecule has 2 heterocycles. The van der Waals surface area contributed by atoms with Crippen LogP contribution in [0, 0.1) is 0 Å². The fourth-order valence-corrected chi connectivity index (χ4v) is 2.85. The predicted octanol–water partition coefficient (Wildman–Crippen LogP) is 0.573. The Morgan fingerprint density at radius 2 is 2.47 bits per heavy atom. The Labute approximate surface area is 115 Å². The fraction of sp³-hybridized carbons (Fsp3) is 0.583. The van der Waals surface area contributed by atoms with Crippen molar-refractivity contribution < 1.29 is 14.3 Å². The highest BCUT2D eigenvalue weighted by atomic mass is 32.1. The van der Waals surface area contributed by atoms with Gasteiger partial charge in [-0.2, -0.15) is 0 Å². The van der Waals surface area contributed by atoms with E-state index in [4.69, 9.17) is 4.74 Å². The van der Waals surface area contributed by atoms with E-state index in [1.54, 1.807) is 6.92 Å². The number of hydrogen-bond acceptors (Lipinski definition) is 6. The molecular formula is C12H17N3O3S. The van der Waals surface area contributed by atoms with Crippen LogP contribution in [0.3, 0.4) is 0 Å². The van der Waals surface area contributed by atoms with E-state index in [1.165, 1.54) is 11.3 Å². The molecule has 0 saturated carbocycles. The van der Waals surface area contributed by atoms with Gasteiger partial charge in [-0.25, -0.2) is 4.98 Å². The Hall–Kier alpha value is -1.63. The number of ether oxygens (including phenoxy) is 1. The van der Waals surface area contributed by atoms with Crippen LogP contribution in [0.5, 0.6) is 0 Å². The molecule has 0 radical (unpaired) electrons. The van der Waals surface area contributed by atoms with E-state index in [1.807, 2.05) is 17.2 Å².